The average molecular weight is 552 g/mol. The van der Waals surface area contributed by atoms with Crippen LogP contribution in [0, 0.1) is 6.92 Å². The number of halogens is 6. The fourth-order valence-electron chi connectivity index (χ4n) is 3.55. The minimum absolute atomic E-state index is 0.0228. The summed E-state index contributed by atoms with van der Waals surface area (Å²) >= 11 is 6.20. The number of thioether (sulfide) groups is 1. The Labute approximate surface area is 211 Å². The van der Waals surface area contributed by atoms with Crippen molar-refractivity contribution in [3.05, 3.63) is 51.6 Å². The Morgan fingerprint density at radius 1 is 1.11 bits per heavy atom. The highest BCUT2D eigenvalue weighted by atomic mass is 32.2. The number of thiocarbonyl (C=S) groups is 1. The fourth-order valence-corrected chi connectivity index (χ4v) is 4.84. The molecule has 1 N–H and O–H groups in total. The van der Waals surface area contributed by atoms with Gasteiger partial charge >= 0.3 is 18.3 Å². The van der Waals surface area contributed by atoms with Gasteiger partial charge in [-0.15, -0.1) is 0 Å². The molecule has 0 radical (unpaired) electrons. The Balaban J connectivity index is 1.83. The molecular weight excluding hydrogens is 532 g/mol. The van der Waals surface area contributed by atoms with Gasteiger partial charge in [-0.2, -0.15) is 26.3 Å². The van der Waals surface area contributed by atoms with Gasteiger partial charge in [0, 0.05) is 24.6 Å². The molecule has 3 rings (SSSR count). The van der Waals surface area contributed by atoms with Crippen molar-refractivity contribution in [3.63, 3.8) is 0 Å². The van der Waals surface area contributed by atoms with Gasteiger partial charge in [0.15, 0.2) is 0 Å². The highest BCUT2D eigenvalue weighted by Gasteiger charge is 2.39. The molecule has 0 spiro atoms. The van der Waals surface area contributed by atoms with E-state index in [1.54, 1.807) is 0 Å². The Morgan fingerprint density at radius 2 is 1.81 bits per heavy atom. The summed E-state index contributed by atoms with van der Waals surface area (Å²) in [7, 11) is 0. The topological polar surface area (TPSA) is 70.8 Å². The molecule has 36 heavy (non-hydrogen) atoms. The first-order chi connectivity index (χ1) is 16.7. The number of alkyl halides is 6. The molecule has 1 aromatic carbocycles. The summed E-state index contributed by atoms with van der Waals surface area (Å²) < 4.78 is 85.7. The lowest BCUT2D eigenvalue weighted by molar-refractivity contribution is -0.143. The lowest BCUT2D eigenvalue weighted by Crippen LogP contribution is -2.29. The van der Waals surface area contributed by atoms with E-state index in [0.29, 0.717) is 25.3 Å². The van der Waals surface area contributed by atoms with Crippen molar-refractivity contribution in [2.75, 3.05) is 6.54 Å². The second kappa shape index (κ2) is 10.7. The third kappa shape index (κ3) is 6.49. The van der Waals surface area contributed by atoms with E-state index < -0.39 is 40.9 Å². The smallest absolute Gasteiger partial charge is 0.416 e. The summed E-state index contributed by atoms with van der Waals surface area (Å²) in [5.41, 5.74) is -3.68. The SMILES string of the molecule is Cc1c(-c2ccc(/C=C3\SC(=S)N(CCCCCC(=O)O)C3=O)o2)cc(C(F)(F)F)cc1C(F)(F)F. The molecule has 1 aromatic heterocycles. The van der Waals surface area contributed by atoms with Crippen LogP contribution in [0.5, 0.6) is 0 Å². The van der Waals surface area contributed by atoms with Gasteiger partial charge in [0.25, 0.3) is 5.91 Å². The zero-order chi connectivity index (χ0) is 26.8. The van der Waals surface area contributed by atoms with Gasteiger partial charge in [0.2, 0.25) is 0 Å². The minimum atomic E-state index is -5.00. The number of carboxylic acids is 1. The number of nitrogens with zero attached hydrogens (tertiary/aromatic N) is 1. The molecule has 1 fully saturated rings. The Bertz CT molecular complexity index is 1220. The van der Waals surface area contributed by atoms with E-state index in [9.17, 15) is 35.9 Å². The highest BCUT2D eigenvalue weighted by Crippen LogP contribution is 2.42. The van der Waals surface area contributed by atoms with Crippen LogP contribution in [0.2, 0.25) is 0 Å². The van der Waals surface area contributed by atoms with Crippen molar-refractivity contribution in [2.24, 2.45) is 0 Å². The first kappa shape index (κ1) is 27.8. The number of carboxylic acid groups (broad SMARTS) is 1. The van der Waals surface area contributed by atoms with Crippen LogP contribution in [0.15, 0.2) is 33.6 Å². The zero-order valence-electron chi connectivity index (χ0n) is 18.6. The quantitative estimate of drug-likeness (QED) is 0.163. The van der Waals surface area contributed by atoms with E-state index in [1.807, 2.05) is 0 Å². The molecule has 1 aliphatic rings. The molecule has 13 heteroatoms. The van der Waals surface area contributed by atoms with Gasteiger partial charge in [0.1, 0.15) is 15.8 Å². The summed E-state index contributed by atoms with van der Waals surface area (Å²) in [4.78, 5) is 24.8. The number of hydrogen-bond donors (Lipinski definition) is 1. The third-order valence-corrected chi connectivity index (χ3v) is 6.73. The summed E-state index contributed by atoms with van der Waals surface area (Å²) in [6.07, 6.45) is -7.08. The van der Waals surface area contributed by atoms with Crippen molar-refractivity contribution >= 4 is 46.3 Å². The molecule has 2 aromatic rings. The molecule has 194 valence electrons. The van der Waals surface area contributed by atoms with Crippen LogP contribution in [0.3, 0.4) is 0 Å². The molecule has 1 aliphatic heterocycles. The predicted molar refractivity (Wildman–Crippen MR) is 125 cm³/mol. The van der Waals surface area contributed by atoms with Crippen LogP contribution in [0.4, 0.5) is 26.3 Å². The minimum Gasteiger partial charge on any atom is -0.481 e. The monoisotopic (exact) mass is 551 g/mol. The number of rotatable bonds is 8. The molecule has 0 bridgehead atoms. The molecule has 0 saturated carbocycles. The lowest BCUT2D eigenvalue weighted by atomic mass is 9.96. The summed E-state index contributed by atoms with van der Waals surface area (Å²) in [5, 5.41) is 8.67. The van der Waals surface area contributed by atoms with Gasteiger partial charge in [-0.3, -0.25) is 14.5 Å². The second-order valence-electron chi connectivity index (χ2n) is 7.93. The Morgan fingerprint density at radius 3 is 2.42 bits per heavy atom. The van der Waals surface area contributed by atoms with Crippen LogP contribution in [0.1, 0.15) is 48.1 Å². The molecule has 1 saturated heterocycles. The number of carbonyl (C=O) groups is 2. The number of benzene rings is 1. The highest BCUT2D eigenvalue weighted by molar-refractivity contribution is 8.26. The van der Waals surface area contributed by atoms with Crippen molar-refractivity contribution in [3.8, 4) is 11.3 Å². The number of hydrogen-bond acceptors (Lipinski definition) is 5. The predicted octanol–water partition coefficient (Wildman–Crippen LogP) is 7.14. The van der Waals surface area contributed by atoms with Gasteiger partial charge in [-0.1, -0.05) is 30.4 Å². The van der Waals surface area contributed by atoms with Gasteiger partial charge in [-0.05, 0) is 49.6 Å². The van der Waals surface area contributed by atoms with Crippen molar-refractivity contribution < 1.29 is 45.5 Å². The van der Waals surface area contributed by atoms with E-state index >= 15 is 0 Å². The molecule has 0 atom stereocenters. The Kier molecular flexibility index (Phi) is 8.23. The first-order valence-corrected chi connectivity index (χ1v) is 11.8. The van der Waals surface area contributed by atoms with Crippen LogP contribution < -0.4 is 0 Å². The van der Waals surface area contributed by atoms with Crippen LogP contribution in [-0.4, -0.2) is 32.7 Å². The van der Waals surface area contributed by atoms with Crippen molar-refractivity contribution in [1.29, 1.82) is 0 Å². The summed E-state index contributed by atoms with van der Waals surface area (Å²) in [6, 6.07) is 3.23. The average Bonchev–Trinajstić information content (AvgIpc) is 3.31. The third-order valence-electron chi connectivity index (χ3n) is 5.35. The van der Waals surface area contributed by atoms with Crippen molar-refractivity contribution in [1.82, 2.24) is 4.90 Å². The number of amides is 1. The standard InChI is InChI=1S/C23H19F6NO4S2/c1-12-15(9-13(22(24,25)26)10-16(12)23(27,28)29)17-7-6-14(34-17)11-18-20(33)30(21(35)36-18)8-4-2-3-5-19(31)32/h6-7,9-11H,2-5,8H2,1H3,(H,31,32)/b18-11-. The van der Waals surface area contributed by atoms with E-state index in [-0.39, 0.29) is 45.3 Å². The van der Waals surface area contributed by atoms with E-state index in [0.717, 1.165) is 18.7 Å². The van der Waals surface area contributed by atoms with Crippen LogP contribution in [-0.2, 0) is 21.9 Å². The summed E-state index contributed by atoms with van der Waals surface area (Å²) in [5.74, 6) is -1.49. The van der Waals surface area contributed by atoms with Crippen molar-refractivity contribution in [2.45, 2.75) is 45.0 Å². The second-order valence-corrected chi connectivity index (χ2v) is 9.61. The maximum atomic E-state index is 13.4. The molecule has 0 aliphatic carbocycles. The van der Waals surface area contributed by atoms with E-state index in [2.05, 4.69) is 0 Å². The number of aliphatic carboxylic acids is 1. The van der Waals surface area contributed by atoms with Gasteiger partial charge in [0.05, 0.1) is 16.0 Å². The van der Waals surface area contributed by atoms with Crippen LogP contribution >= 0.6 is 24.0 Å². The summed E-state index contributed by atoms with van der Waals surface area (Å²) in [6.45, 7) is 1.34. The number of furan rings is 1. The number of carbonyl (C=O) groups excluding carboxylic acids is 1. The van der Waals surface area contributed by atoms with Crippen LogP contribution in [0.25, 0.3) is 17.4 Å². The lowest BCUT2D eigenvalue weighted by Gasteiger charge is -2.17. The first-order valence-electron chi connectivity index (χ1n) is 10.5. The van der Waals surface area contributed by atoms with E-state index in [4.69, 9.17) is 21.7 Å². The molecular formula is C23H19F6NO4S2. The fraction of sp³-hybridized carbons (Fsp3) is 0.348. The maximum Gasteiger partial charge on any atom is 0.416 e. The zero-order valence-corrected chi connectivity index (χ0v) is 20.3. The van der Waals surface area contributed by atoms with Gasteiger partial charge < -0.3 is 9.52 Å². The van der Waals surface area contributed by atoms with E-state index in [1.165, 1.54) is 23.1 Å². The molecule has 5 nitrogen and oxygen atoms in total. The molecule has 1 amide bonds. The molecule has 2 heterocycles. The van der Waals surface area contributed by atoms with Gasteiger partial charge in [-0.25, -0.2) is 0 Å². The Hall–Kier alpha value is -2.80. The number of unbranched alkanes of at least 4 members (excludes halogenated alkanes) is 2. The molecule has 0 unspecified atom stereocenters. The largest absolute Gasteiger partial charge is 0.481 e. The maximum absolute atomic E-state index is 13.4. The normalized spacial score (nSPS) is 15.9.